The summed E-state index contributed by atoms with van der Waals surface area (Å²) in [7, 11) is 1.58. The number of urea groups is 1. The highest BCUT2D eigenvalue weighted by atomic mass is 16.5. The molecule has 7 heteroatoms. The van der Waals surface area contributed by atoms with Crippen LogP contribution in [0, 0.1) is 13.8 Å². The van der Waals surface area contributed by atoms with E-state index in [1.54, 1.807) is 19.2 Å². The van der Waals surface area contributed by atoms with E-state index < -0.39 is 6.03 Å². The Kier molecular flexibility index (Phi) is 8.71. The molecular formula is C26H29N3O4. The molecular weight excluding hydrogens is 418 g/mol. The molecule has 0 atom stereocenters. The summed E-state index contributed by atoms with van der Waals surface area (Å²) in [6.45, 7) is 5.11. The first-order valence-corrected chi connectivity index (χ1v) is 10.7. The van der Waals surface area contributed by atoms with E-state index in [-0.39, 0.29) is 0 Å². The van der Waals surface area contributed by atoms with E-state index in [1.165, 1.54) is 17.3 Å². The maximum atomic E-state index is 12.0. The zero-order valence-corrected chi connectivity index (χ0v) is 19.1. The van der Waals surface area contributed by atoms with Gasteiger partial charge in [0.15, 0.2) is 11.5 Å². The third-order valence-corrected chi connectivity index (χ3v) is 4.91. The highest BCUT2D eigenvalue weighted by Crippen LogP contribution is 2.30. The van der Waals surface area contributed by atoms with Crippen LogP contribution in [0.1, 0.15) is 23.1 Å². The number of nitrogens with zero attached hydrogens (tertiary/aromatic N) is 1. The van der Waals surface area contributed by atoms with Gasteiger partial charge >= 0.3 is 6.03 Å². The monoisotopic (exact) mass is 447 g/mol. The Morgan fingerprint density at radius 2 is 1.73 bits per heavy atom. The number of amides is 2. The zero-order valence-electron chi connectivity index (χ0n) is 19.1. The van der Waals surface area contributed by atoms with Gasteiger partial charge in [0.1, 0.15) is 5.75 Å². The third-order valence-electron chi connectivity index (χ3n) is 4.91. The van der Waals surface area contributed by atoms with Crippen LogP contribution in [0.2, 0.25) is 0 Å². The van der Waals surface area contributed by atoms with Crippen molar-refractivity contribution >= 4 is 17.9 Å². The van der Waals surface area contributed by atoms with Crippen LogP contribution in [0.3, 0.4) is 0 Å². The number of rotatable bonds is 10. The van der Waals surface area contributed by atoms with Gasteiger partial charge in [-0.05, 0) is 61.4 Å². The molecule has 0 radical (unpaired) electrons. The van der Waals surface area contributed by atoms with Crippen molar-refractivity contribution in [1.82, 2.24) is 5.43 Å². The van der Waals surface area contributed by atoms with Crippen molar-refractivity contribution in [3.63, 3.8) is 0 Å². The van der Waals surface area contributed by atoms with Gasteiger partial charge in [-0.1, -0.05) is 30.3 Å². The Hall–Kier alpha value is -4.00. The average Bonchev–Trinajstić information content (AvgIpc) is 2.82. The summed E-state index contributed by atoms with van der Waals surface area (Å²) in [5.74, 6) is 1.99. The van der Waals surface area contributed by atoms with Gasteiger partial charge in [-0.2, -0.15) is 5.10 Å². The van der Waals surface area contributed by atoms with Crippen molar-refractivity contribution in [2.24, 2.45) is 5.10 Å². The van der Waals surface area contributed by atoms with E-state index in [0.29, 0.717) is 42.4 Å². The topological polar surface area (TPSA) is 81.2 Å². The van der Waals surface area contributed by atoms with Gasteiger partial charge in [0.2, 0.25) is 0 Å². The normalized spacial score (nSPS) is 10.6. The number of hydrogen-bond donors (Lipinski definition) is 2. The van der Waals surface area contributed by atoms with Crippen LogP contribution < -0.4 is 25.0 Å². The maximum absolute atomic E-state index is 12.0. The van der Waals surface area contributed by atoms with E-state index in [0.717, 1.165) is 5.75 Å². The molecule has 2 amide bonds. The summed E-state index contributed by atoms with van der Waals surface area (Å²) in [6.07, 6.45) is 2.22. The highest BCUT2D eigenvalue weighted by molar-refractivity contribution is 5.91. The molecule has 3 aromatic carbocycles. The standard InChI is InChI=1S/C26H29N3O4/c1-19-13-14-23(17-20(19)2)32-15-8-16-33-25-21(9-7-12-24(25)31-3)18-27-29-26(30)28-22-10-5-4-6-11-22/h4-7,9-14,17-18H,8,15-16H2,1-3H3,(H2,28,29,30)/b27-18+. The Morgan fingerprint density at radius 3 is 2.48 bits per heavy atom. The summed E-state index contributed by atoms with van der Waals surface area (Å²) in [5, 5.41) is 6.73. The summed E-state index contributed by atoms with van der Waals surface area (Å²) in [5.41, 5.74) is 6.25. The minimum Gasteiger partial charge on any atom is -0.493 e. The number of ether oxygens (including phenoxy) is 3. The SMILES string of the molecule is COc1cccc(/C=N/NC(=O)Nc2ccccc2)c1OCCCOc1ccc(C)c(C)c1. The highest BCUT2D eigenvalue weighted by Gasteiger charge is 2.10. The van der Waals surface area contributed by atoms with Crippen LogP contribution in [0.15, 0.2) is 71.8 Å². The molecule has 0 saturated carbocycles. The fraction of sp³-hybridized carbons (Fsp3) is 0.231. The number of hydrogen-bond acceptors (Lipinski definition) is 5. The first-order valence-electron chi connectivity index (χ1n) is 10.7. The third kappa shape index (κ3) is 7.28. The molecule has 0 fully saturated rings. The number of anilines is 1. The second-order valence-electron chi connectivity index (χ2n) is 7.37. The molecule has 0 aliphatic heterocycles. The summed E-state index contributed by atoms with van der Waals surface area (Å²) >= 11 is 0. The molecule has 33 heavy (non-hydrogen) atoms. The largest absolute Gasteiger partial charge is 0.493 e. The van der Waals surface area contributed by atoms with Gasteiger partial charge in [-0.25, -0.2) is 10.2 Å². The molecule has 0 heterocycles. The molecule has 3 aromatic rings. The number of aryl methyl sites for hydroxylation is 2. The number of para-hydroxylation sites is 2. The number of methoxy groups -OCH3 is 1. The molecule has 0 aliphatic carbocycles. The van der Waals surface area contributed by atoms with Gasteiger partial charge < -0.3 is 19.5 Å². The van der Waals surface area contributed by atoms with Gasteiger partial charge in [0.25, 0.3) is 0 Å². The van der Waals surface area contributed by atoms with Crippen LogP contribution in [-0.4, -0.2) is 32.6 Å². The predicted molar refractivity (Wildman–Crippen MR) is 131 cm³/mol. The second kappa shape index (κ2) is 12.1. The van der Waals surface area contributed by atoms with Crippen molar-refractivity contribution in [2.45, 2.75) is 20.3 Å². The van der Waals surface area contributed by atoms with Crippen LogP contribution in [0.5, 0.6) is 17.2 Å². The minimum absolute atomic E-state index is 0.438. The number of carbonyl (C=O) groups is 1. The summed E-state index contributed by atoms with van der Waals surface area (Å²) in [4.78, 5) is 12.0. The van der Waals surface area contributed by atoms with Crippen LogP contribution in [0.25, 0.3) is 0 Å². The quantitative estimate of drug-likeness (QED) is 0.251. The number of hydrazone groups is 1. The Bertz CT molecular complexity index is 1080. The first kappa shape index (κ1) is 23.7. The average molecular weight is 448 g/mol. The van der Waals surface area contributed by atoms with Gasteiger partial charge in [0.05, 0.1) is 26.5 Å². The fourth-order valence-corrected chi connectivity index (χ4v) is 3.02. The summed E-state index contributed by atoms with van der Waals surface area (Å²) in [6, 6.07) is 20.2. The second-order valence-corrected chi connectivity index (χ2v) is 7.37. The number of benzene rings is 3. The van der Waals surface area contributed by atoms with E-state index in [2.05, 4.69) is 35.8 Å². The van der Waals surface area contributed by atoms with Crippen molar-refractivity contribution < 1.29 is 19.0 Å². The molecule has 2 N–H and O–H groups in total. The van der Waals surface area contributed by atoms with E-state index in [9.17, 15) is 4.79 Å². The van der Waals surface area contributed by atoms with Gasteiger partial charge in [-0.3, -0.25) is 0 Å². The van der Waals surface area contributed by atoms with Gasteiger partial charge in [-0.15, -0.1) is 0 Å². The lowest BCUT2D eigenvalue weighted by atomic mass is 10.1. The van der Waals surface area contributed by atoms with Crippen molar-refractivity contribution in [3.8, 4) is 17.2 Å². The van der Waals surface area contributed by atoms with Crippen LogP contribution in [-0.2, 0) is 0 Å². The lowest BCUT2D eigenvalue weighted by Gasteiger charge is -2.13. The summed E-state index contributed by atoms with van der Waals surface area (Å²) < 4.78 is 17.2. The molecule has 0 aliphatic rings. The molecule has 0 aromatic heterocycles. The molecule has 3 rings (SSSR count). The molecule has 172 valence electrons. The van der Waals surface area contributed by atoms with Crippen LogP contribution in [0.4, 0.5) is 10.5 Å². The smallest absolute Gasteiger partial charge is 0.339 e. The van der Waals surface area contributed by atoms with Crippen LogP contribution >= 0.6 is 0 Å². The molecule has 0 spiro atoms. The Morgan fingerprint density at radius 1 is 0.939 bits per heavy atom. The molecule has 0 saturated heterocycles. The maximum Gasteiger partial charge on any atom is 0.339 e. The molecule has 7 nitrogen and oxygen atoms in total. The predicted octanol–water partition coefficient (Wildman–Crippen LogP) is 5.32. The zero-order chi connectivity index (χ0) is 23.5. The first-order chi connectivity index (χ1) is 16.1. The number of nitrogens with one attached hydrogen (secondary N) is 2. The minimum atomic E-state index is -0.439. The van der Waals surface area contributed by atoms with Crippen molar-refractivity contribution in [2.75, 3.05) is 25.6 Å². The van der Waals surface area contributed by atoms with E-state index >= 15 is 0 Å². The van der Waals surface area contributed by atoms with E-state index in [4.69, 9.17) is 14.2 Å². The fourth-order valence-electron chi connectivity index (χ4n) is 3.02. The van der Waals surface area contributed by atoms with Crippen molar-refractivity contribution in [1.29, 1.82) is 0 Å². The Balaban J connectivity index is 1.52. The van der Waals surface area contributed by atoms with Crippen molar-refractivity contribution in [3.05, 3.63) is 83.4 Å². The number of carbonyl (C=O) groups excluding carboxylic acids is 1. The molecule has 0 bridgehead atoms. The molecule has 0 unspecified atom stereocenters. The lowest BCUT2D eigenvalue weighted by Crippen LogP contribution is -2.24. The van der Waals surface area contributed by atoms with Gasteiger partial charge in [0, 0.05) is 17.7 Å². The lowest BCUT2D eigenvalue weighted by molar-refractivity contribution is 0.240. The Labute approximate surface area is 194 Å². The van der Waals surface area contributed by atoms with E-state index in [1.807, 2.05) is 48.5 Å².